The summed E-state index contributed by atoms with van der Waals surface area (Å²) in [6, 6.07) is 3.36. The molecule has 1 fully saturated rings. The van der Waals surface area contributed by atoms with E-state index in [9.17, 15) is 18.0 Å². The van der Waals surface area contributed by atoms with E-state index in [1.165, 1.54) is 13.0 Å². The van der Waals surface area contributed by atoms with Gasteiger partial charge in [0.1, 0.15) is 39.8 Å². The van der Waals surface area contributed by atoms with Gasteiger partial charge in [-0.05, 0) is 79.5 Å². The highest BCUT2D eigenvalue weighted by Gasteiger charge is 2.67. The average Bonchev–Trinajstić information content (AvgIpc) is 2.85. The van der Waals surface area contributed by atoms with Crippen LogP contribution in [0.2, 0.25) is 0 Å². The second-order valence-corrected chi connectivity index (χ2v) is 13.9. The largest absolute Gasteiger partial charge is 0.443 e. The second-order valence-electron chi connectivity index (χ2n) is 11.3. The molecule has 0 aromatic heterocycles. The number of sulfone groups is 1. The number of halogens is 2. The molecule has 1 aromatic carbocycles. The van der Waals surface area contributed by atoms with Gasteiger partial charge in [-0.1, -0.05) is 0 Å². The molecule has 36 heavy (non-hydrogen) atoms. The lowest BCUT2D eigenvalue weighted by Gasteiger charge is -2.43. The third-order valence-corrected chi connectivity index (χ3v) is 9.24. The Labute approximate surface area is 209 Å². The van der Waals surface area contributed by atoms with Gasteiger partial charge in [0.05, 0.1) is 5.25 Å². The predicted octanol–water partition coefficient (Wildman–Crippen LogP) is 4.49. The number of rotatable bonds is 2. The number of imide groups is 1. The Hall–Kier alpha value is -2.76. The molecule has 200 valence electrons. The highest BCUT2D eigenvalue weighted by atomic mass is 32.2. The van der Waals surface area contributed by atoms with Gasteiger partial charge in [0.2, 0.25) is 0 Å². The van der Waals surface area contributed by atoms with Crippen molar-refractivity contribution < 1.29 is 36.3 Å². The van der Waals surface area contributed by atoms with Crippen molar-refractivity contribution in [1.29, 1.82) is 0 Å². The molecule has 1 aromatic rings. The van der Waals surface area contributed by atoms with E-state index < -0.39 is 67.1 Å². The molecule has 3 atom stereocenters. The zero-order chi connectivity index (χ0) is 27.5. The van der Waals surface area contributed by atoms with E-state index in [0.29, 0.717) is 4.90 Å². The van der Waals surface area contributed by atoms with Crippen LogP contribution in [0.1, 0.15) is 66.9 Å². The van der Waals surface area contributed by atoms with Crippen molar-refractivity contribution >= 4 is 33.5 Å². The smallest absolute Gasteiger partial charge is 0.425 e. The van der Waals surface area contributed by atoms with Gasteiger partial charge in [-0.2, -0.15) is 4.90 Å². The molecule has 2 aliphatic rings. The summed E-state index contributed by atoms with van der Waals surface area (Å²) < 4.78 is 66.7. The quantitative estimate of drug-likeness (QED) is 0.559. The molecule has 0 saturated carbocycles. The fraction of sp³-hybridized carbons (Fsp3) is 0.625. The van der Waals surface area contributed by atoms with E-state index >= 15 is 8.78 Å². The third kappa shape index (κ3) is 4.55. The van der Waals surface area contributed by atoms with Crippen LogP contribution in [0.5, 0.6) is 0 Å². The first-order valence-corrected chi connectivity index (χ1v) is 13.0. The minimum Gasteiger partial charge on any atom is -0.443 e. The molecule has 0 spiro atoms. The number of nitrogens with zero attached hydrogens (tertiary/aromatic N) is 2. The van der Waals surface area contributed by atoms with Gasteiger partial charge in [-0.3, -0.25) is 4.99 Å². The molecule has 2 aliphatic heterocycles. The van der Waals surface area contributed by atoms with Crippen LogP contribution in [0.25, 0.3) is 0 Å². The first kappa shape index (κ1) is 27.8. The molecule has 2 heterocycles. The second kappa shape index (κ2) is 8.67. The Morgan fingerprint density at radius 2 is 1.67 bits per heavy atom. The minimum atomic E-state index is -4.31. The molecule has 0 aliphatic carbocycles. The summed E-state index contributed by atoms with van der Waals surface area (Å²) in [7, 11) is -4.31. The van der Waals surface area contributed by atoms with Gasteiger partial charge in [-0.15, -0.1) is 0 Å². The van der Waals surface area contributed by atoms with Gasteiger partial charge in [0.15, 0.2) is 9.84 Å². The number of carbonyl (C=O) groups is 2. The fourth-order valence-corrected chi connectivity index (χ4v) is 7.18. The number of alkyl halides is 1. The van der Waals surface area contributed by atoms with Gasteiger partial charge in [0.25, 0.3) is 0 Å². The van der Waals surface area contributed by atoms with E-state index in [2.05, 4.69) is 4.99 Å². The predicted molar refractivity (Wildman–Crippen MR) is 131 cm³/mol. The Balaban J connectivity index is 2.36. The molecule has 0 radical (unpaired) electrons. The number of nitrogens with two attached hydrogens (primary N) is 1. The molecule has 2 amide bonds. The van der Waals surface area contributed by atoms with Crippen LogP contribution in [0.15, 0.2) is 23.2 Å². The monoisotopic (exact) mass is 529 g/mol. The average molecular weight is 530 g/mol. The highest BCUT2D eigenvalue weighted by Crippen LogP contribution is 2.53. The number of aliphatic imine (C=N–C) groups is 1. The Kier molecular flexibility index (Phi) is 6.70. The summed E-state index contributed by atoms with van der Waals surface area (Å²) in [4.78, 5) is 31.4. The number of benzene rings is 1. The van der Waals surface area contributed by atoms with Crippen molar-refractivity contribution in [2.45, 2.75) is 88.0 Å². The lowest BCUT2D eigenvalue weighted by molar-refractivity contribution is 0.0138. The van der Waals surface area contributed by atoms with Gasteiger partial charge in [0, 0.05) is 11.3 Å². The lowest BCUT2D eigenvalue weighted by Crippen LogP contribution is -2.62. The molecule has 0 unspecified atom stereocenters. The summed E-state index contributed by atoms with van der Waals surface area (Å²) >= 11 is 0. The third-order valence-electron chi connectivity index (χ3n) is 6.22. The van der Waals surface area contributed by atoms with Gasteiger partial charge < -0.3 is 15.2 Å². The molecular formula is C24H33F2N3O6S. The van der Waals surface area contributed by atoms with E-state index in [-0.39, 0.29) is 24.1 Å². The number of hydrogen-bond acceptors (Lipinski definition) is 8. The molecular weight excluding hydrogens is 496 g/mol. The summed E-state index contributed by atoms with van der Waals surface area (Å²) in [5.41, 5.74) is 1.06. The fourth-order valence-electron chi connectivity index (χ4n) is 4.58. The zero-order valence-electron chi connectivity index (χ0n) is 21.5. The minimum absolute atomic E-state index is 0.0656. The number of anilines is 1. The maximum Gasteiger partial charge on any atom is 0.425 e. The van der Waals surface area contributed by atoms with Crippen molar-refractivity contribution in [3.63, 3.8) is 0 Å². The summed E-state index contributed by atoms with van der Waals surface area (Å²) in [5.74, 6) is -1.50. The maximum atomic E-state index is 15.1. The maximum absolute atomic E-state index is 15.1. The van der Waals surface area contributed by atoms with Crippen molar-refractivity contribution in [2.24, 2.45) is 4.99 Å². The van der Waals surface area contributed by atoms with Crippen molar-refractivity contribution in [3.05, 3.63) is 29.6 Å². The molecule has 9 nitrogen and oxygen atoms in total. The van der Waals surface area contributed by atoms with Gasteiger partial charge >= 0.3 is 12.2 Å². The Bertz CT molecular complexity index is 1190. The van der Waals surface area contributed by atoms with E-state index in [1.807, 2.05) is 0 Å². The van der Waals surface area contributed by atoms with Gasteiger partial charge in [-0.25, -0.2) is 26.8 Å². The molecule has 2 N–H and O–H groups in total. The Morgan fingerprint density at radius 1 is 1.14 bits per heavy atom. The first-order chi connectivity index (χ1) is 16.3. The molecule has 3 rings (SSSR count). The van der Waals surface area contributed by atoms with E-state index in [1.54, 1.807) is 41.5 Å². The van der Waals surface area contributed by atoms with Crippen LogP contribution >= 0.6 is 0 Å². The highest BCUT2D eigenvalue weighted by molar-refractivity contribution is 7.94. The van der Waals surface area contributed by atoms with Crippen LogP contribution < -0.4 is 5.73 Å². The van der Waals surface area contributed by atoms with Crippen molar-refractivity contribution in [2.75, 3.05) is 12.4 Å². The summed E-state index contributed by atoms with van der Waals surface area (Å²) in [6.45, 7) is 9.21. The van der Waals surface area contributed by atoms with E-state index in [4.69, 9.17) is 15.2 Å². The number of carbonyl (C=O) groups excluding carboxylic acids is 2. The van der Waals surface area contributed by atoms with E-state index in [0.717, 1.165) is 12.1 Å². The Morgan fingerprint density at radius 3 is 2.14 bits per heavy atom. The van der Waals surface area contributed by atoms with Crippen molar-refractivity contribution in [3.8, 4) is 0 Å². The zero-order valence-corrected chi connectivity index (χ0v) is 22.3. The summed E-state index contributed by atoms with van der Waals surface area (Å²) in [5, 5.41) is -1.45. The normalized spacial score (nSPS) is 27.2. The van der Waals surface area contributed by atoms with Crippen LogP contribution in [0, 0.1) is 5.82 Å². The number of hydrogen-bond donors (Lipinski definition) is 1. The number of amides is 2. The molecule has 2 bridgehead atoms. The first-order valence-electron chi connectivity index (χ1n) is 11.5. The summed E-state index contributed by atoms with van der Waals surface area (Å²) in [6.07, 6.45) is -2.68. The number of nitrogen functional groups attached to an aromatic ring is 1. The standard InChI is InChI=1S/C24H33F2N3O6S/c1-21(2,3)34-19(30)29(20(31)35-22(4,5)6)18-23(7)11-10-17(36(23,32)33)24(13-25,28-18)15-12-14(27)8-9-16(15)26/h8-9,12,17H,10-11,13,27H2,1-7H3/t17-,23+,24+/m0/s1. The van der Waals surface area contributed by atoms with Crippen LogP contribution in [-0.4, -0.2) is 59.2 Å². The number of amidine groups is 1. The van der Waals surface area contributed by atoms with Crippen LogP contribution in [0.4, 0.5) is 24.1 Å². The van der Waals surface area contributed by atoms with Crippen molar-refractivity contribution in [1.82, 2.24) is 4.90 Å². The lowest BCUT2D eigenvalue weighted by atomic mass is 9.86. The van der Waals surface area contributed by atoms with Crippen LogP contribution in [0.3, 0.4) is 0 Å². The SMILES string of the molecule is CC(C)(C)OC(=O)N(C(=O)OC(C)(C)C)C1=N[C@](CF)(c2cc(N)ccc2F)[C@@H]2CC[C@@]1(C)S2(=O)=O. The number of ether oxygens (including phenoxy) is 2. The molecule has 12 heteroatoms. The molecule has 1 saturated heterocycles. The van der Waals surface area contributed by atoms with Crippen LogP contribution in [-0.2, 0) is 24.8 Å². The number of fused-ring (bicyclic) bond motifs is 2. The topological polar surface area (TPSA) is 128 Å².